The standard InChI is InChI=1S/C13H16FNO2/c1-17-13(16)11-8-10(2-3-12(11)14)9-4-6-15-7-5-9/h2-3,8-9,15H,4-7H2,1H3. The summed E-state index contributed by atoms with van der Waals surface area (Å²) in [5.41, 5.74) is 1.05. The fourth-order valence-corrected chi connectivity index (χ4v) is 2.22. The van der Waals surface area contributed by atoms with Crippen molar-refractivity contribution in [3.63, 3.8) is 0 Å². The van der Waals surface area contributed by atoms with E-state index in [1.807, 2.05) is 0 Å². The number of carbonyl (C=O) groups excluding carboxylic acids is 1. The van der Waals surface area contributed by atoms with Gasteiger partial charge in [0.25, 0.3) is 0 Å². The Kier molecular flexibility index (Phi) is 3.74. The third kappa shape index (κ3) is 2.64. The largest absolute Gasteiger partial charge is 0.465 e. The van der Waals surface area contributed by atoms with Gasteiger partial charge in [-0.1, -0.05) is 6.07 Å². The maximum Gasteiger partial charge on any atom is 0.340 e. The van der Waals surface area contributed by atoms with Gasteiger partial charge in [-0.05, 0) is 49.5 Å². The van der Waals surface area contributed by atoms with Crippen LogP contribution in [-0.4, -0.2) is 26.2 Å². The average molecular weight is 237 g/mol. The van der Waals surface area contributed by atoms with Gasteiger partial charge in [-0.25, -0.2) is 9.18 Å². The Morgan fingerprint density at radius 2 is 2.12 bits per heavy atom. The first-order chi connectivity index (χ1) is 8.22. The minimum Gasteiger partial charge on any atom is -0.465 e. The van der Waals surface area contributed by atoms with Crippen molar-refractivity contribution in [2.75, 3.05) is 20.2 Å². The molecule has 0 amide bonds. The molecule has 2 rings (SSSR count). The second kappa shape index (κ2) is 5.27. The molecular formula is C13H16FNO2. The lowest BCUT2D eigenvalue weighted by Crippen LogP contribution is -2.26. The van der Waals surface area contributed by atoms with Crippen LogP contribution in [-0.2, 0) is 4.74 Å². The number of nitrogens with one attached hydrogen (secondary N) is 1. The minimum absolute atomic E-state index is 0.0310. The lowest BCUT2D eigenvalue weighted by molar-refractivity contribution is 0.0595. The van der Waals surface area contributed by atoms with Crippen molar-refractivity contribution < 1.29 is 13.9 Å². The van der Waals surface area contributed by atoms with Crippen molar-refractivity contribution in [2.24, 2.45) is 0 Å². The molecule has 1 heterocycles. The van der Waals surface area contributed by atoms with Crippen LogP contribution in [0.2, 0.25) is 0 Å². The summed E-state index contributed by atoms with van der Waals surface area (Å²) in [5.74, 6) is -0.729. The van der Waals surface area contributed by atoms with Crippen molar-refractivity contribution in [3.8, 4) is 0 Å². The number of carbonyl (C=O) groups is 1. The van der Waals surface area contributed by atoms with Crippen molar-refractivity contribution in [1.29, 1.82) is 0 Å². The zero-order valence-electron chi connectivity index (χ0n) is 9.83. The molecule has 1 saturated heterocycles. The summed E-state index contributed by atoms with van der Waals surface area (Å²) >= 11 is 0. The average Bonchev–Trinajstić information content (AvgIpc) is 2.39. The fraction of sp³-hybridized carbons (Fsp3) is 0.462. The summed E-state index contributed by atoms with van der Waals surface area (Å²) < 4.78 is 18.0. The van der Waals surface area contributed by atoms with Crippen LogP contribution in [0.4, 0.5) is 4.39 Å². The van der Waals surface area contributed by atoms with Gasteiger partial charge in [0.05, 0.1) is 12.7 Å². The zero-order chi connectivity index (χ0) is 12.3. The third-order valence-corrected chi connectivity index (χ3v) is 3.21. The van der Waals surface area contributed by atoms with E-state index in [0.717, 1.165) is 31.5 Å². The topological polar surface area (TPSA) is 38.3 Å². The van der Waals surface area contributed by atoms with Gasteiger partial charge in [0, 0.05) is 0 Å². The Balaban J connectivity index is 2.26. The fourth-order valence-electron chi connectivity index (χ4n) is 2.22. The van der Waals surface area contributed by atoms with E-state index in [-0.39, 0.29) is 5.56 Å². The zero-order valence-corrected chi connectivity index (χ0v) is 9.83. The van der Waals surface area contributed by atoms with E-state index in [0.29, 0.717) is 5.92 Å². The molecule has 17 heavy (non-hydrogen) atoms. The Morgan fingerprint density at radius 3 is 2.76 bits per heavy atom. The molecule has 1 aliphatic heterocycles. The molecule has 4 heteroatoms. The molecule has 3 nitrogen and oxygen atoms in total. The van der Waals surface area contributed by atoms with Crippen LogP contribution in [0.25, 0.3) is 0 Å². The monoisotopic (exact) mass is 237 g/mol. The lowest BCUT2D eigenvalue weighted by atomic mass is 9.89. The number of hydrogen-bond acceptors (Lipinski definition) is 3. The maximum absolute atomic E-state index is 13.5. The molecule has 1 aromatic carbocycles. The van der Waals surface area contributed by atoms with Crippen LogP contribution in [0.1, 0.15) is 34.7 Å². The summed E-state index contributed by atoms with van der Waals surface area (Å²) in [6.45, 7) is 1.94. The van der Waals surface area contributed by atoms with E-state index in [9.17, 15) is 9.18 Å². The molecule has 1 fully saturated rings. The molecular weight excluding hydrogens is 221 g/mol. The summed E-state index contributed by atoms with van der Waals surface area (Å²) in [5, 5.41) is 3.28. The first kappa shape index (κ1) is 12.0. The molecule has 0 aromatic heterocycles. The second-order valence-electron chi connectivity index (χ2n) is 4.26. The van der Waals surface area contributed by atoms with Gasteiger partial charge >= 0.3 is 5.97 Å². The second-order valence-corrected chi connectivity index (χ2v) is 4.26. The highest BCUT2D eigenvalue weighted by molar-refractivity contribution is 5.89. The van der Waals surface area contributed by atoms with Crippen LogP contribution >= 0.6 is 0 Å². The number of halogens is 1. The highest BCUT2D eigenvalue weighted by Crippen LogP contribution is 2.26. The molecule has 0 radical (unpaired) electrons. The SMILES string of the molecule is COC(=O)c1cc(C2CCNCC2)ccc1F. The van der Waals surface area contributed by atoms with E-state index >= 15 is 0 Å². The number of methoxy groups -OCH3 is 1. The molecule has 1 aromatic rings. The summed E-state index contributed by atoms with van der Waals surface area (Å²) in [6.07, 6.45) is 2.04. The smallest absolute Gasteiger partial charge is 0.340 e. The van der Waals surface area contributed by atoms with Crippen molar-refractivity contribution in [3.05, 3.63) is 35.1 Å². The van der Waals surface area contributed by atoms with E-state index in [2.05, 4.69) is 10.1 Å². The van der Waals surface area contributed by atoms with E-state index in [1.54, 1.807) is 12.1 Å². The lowest BCUT2D eigenvalue weighted by Gasteiger charge is -2.23. The molecule has 0 saturated carbocycles. The van der Waals surface area contributed by atoms with Crippen LogP contribution < -0.4 is 5.32 Å². The van der Waals surface area contributed by atoms with Gasteiger partial charge in [0.1, 0.15) is 5.82 Å². The Bertz CT molecular complexity index is 414. The number of piperidine rings is 1. The molecule has 1 N–H and O–H groups in total. The normalized spacial score (nSPS) is 16.8. The van der Waals surface area contributed by atoms with Gasteiger partial charge in [-0.2, -0.15) is 0 Å². The molecule has 0 spiro atoms. The highest BCUT2D eigenvalue weighted by atomic mass is 19.1. The molecule has 0 bridgehead atoms. The van der Waals surface area contributed by atoms with Crippen LogP contribution in [0.5, 0.6) is 0 Å². The minimum atomic E-state index is -0.613. The molecule has 0 atom stereocenters. The van der Waals surface area contributed by atoms with E-state index in [1.165, 1.54) is 13.2 Å². The summed E-state index contributed by atoms with van der Waals surface area (Å²) in [7, 11) is 1.26. The van der Waals surface area contributed by atoms with Gasteiger partial charge < -0.3 is 10.1 Å². The number of hydrogen-bond donors (Lipinski definition) is 1. The van der Waals surface area contributed by atoms with Crippen LogP contribution in [0, 0.1) is 5.82 Å². The summed E-state index contributed by atoms with van der Waals surface area (Å²) in [6, 6.07) is 4.73. The Morgan fingerprint density at radius 1 is 1.41 bits per heavy atom. The third-order valence-electron chi connectivity index (χ3n) is 3.21. The number of rotatable bonds is 2. The molecule has 0 unspecified atom stereocenters. The Hall–Kier alpha value is -1.42. The quantitative estimate of drug-likeness (QED) is 0.800. The highest BCUT2D eigenvalue weighted by Gasteiger charge is 2.19. The predicted octanol–water partition coefficient (Wildman–Crippen LogP) is 2.08. The van der Waals surface area contributed by atoms with E-state index in [4.69, 9.17) is 0 Å². The van der Waals surface area contributed by atoms with Crippen molar-refractivity contribution in [2.45, 2.75) is 18.8 Å². The van der Waals surface area contributed by atoms with E-state index < -0.39 is 11.8 Å². The van der Waals surface area contributed by atoms with Crippen molar-refractivity contribution >= 4 is 5.97 Å². The molecule has 92 valence electrons. The number of benzene rings is 1. The van der Waals surface area contributed by atoms with Crippen LogP contribution in [0.15, 0.2) is 18.2 Å². The van der Waals surface area contributed by atoms with Gasteiger partial charge in [0.15, 0.2) is 0 Å². The van der Waals surface area contributed by atoms with Crippen molar-refractivity contribution in [1.82, 2.24) is 5.32 Å². The molecule has 0 aliphatic carbocycles. The van der Waals surface area contributed by atoms with Gasteiger partial charge in [-0.15, -0.1) is 0 Å². The molecule has 1 aliphatic rings. The Labute approximate surface area is 100.0 Å². The predicted molar refractivity (Wildman–Crippen MR) is 62.6 cm³/mol. The number of ether oxygens (including phenoxy) is 1. The van der Waals surface area contributed by atoms with Crippen LogP contribution in [0.3, 0.4) is 0 Å². The van der Waals surface area contributed by atoms with Gasteiger partial charge in [-0.3, -0.25) is 0 Å². The first-order valence-corrected chi connectivity index (χ1v) is 5.81. The maximum atomic E-state index is 13.5. The first-order valence-electron chi connectivity index (χ1n) is 5.81. The number of esters is 1. The van der Waals surface area contributed by atoms with Gasteiger partial charge in [0.2, 0.25) is 0 Å². The summed E-state index contributed by atoms with van der Waals surface area (Å²) in [4.78, 5) is 11.4.